The fraction of sp³-hybridized carbons (Fsp3) is 0.924. The summed E-state index contributed by atoms with van der Waals surface area (Å²) in [4.78, 5) is 13.4. The van der Waals surface area contributed by atoms with Crippen LogP contribution in [0.5, 0.6) is 0 Å². The molecule has 0 bridgehead atoms. The van der Waals surface area contributed by atoms with Gasteiger partial charge < -0.3 is 104 Å². The predicted octanol–water partition coefficient (Wildman–Crippen LogP) is 5.81. The van der Waals surface area contributed by atoms with Crippen molar-refractivity contribution in [2.24, 2.45) is 0 Å². The van der Waals surface area contributed by atoms with Crippen LogP contribution in [-0.2, 0) is 42.7 Å². The summed E-state index contributed by atoms with van der Waals surface area (Å²) in [7, 11) is 0. The predicted molar refractivity (Wildman–Crippen MR) is 330 cm³/mol. The zero-order valence-electron chi connectivity index (χ0n) is 53.6. The Hall–Kier alpha value is -1.85. The molecule has 1 amide bonds. The van der Waals surface area contributed by atoms with Crippen molar-refractivity contribution in [1.82, 2.24) is 5.32 Å². The summed E-state index contributed by atoms with van der Waals surface area (Å²) >= 11 is 0. The summed E-state index contributed by atoms with van der Waals surface area (Å²) in [5, 5.41) is 134. The average Bonchev–Trinajstić information content (AvgIpc) is 0.922. The fourth-order valence-electron chi connectivity index (χ4n) is 12.0. The number of rotatable bonds is 48. The minimum Gasteiger partial charge on any atom is -0.394 e. The lowest BCUT2D eigenvalue weighted by atomic mass is 9.95. The molecule has 4 rings (SSSR count). The summed E-state index contributed by atoms with van der Waals surface area (Å²) in [6, 6.07) is -1.00. The Bertz CT molecular complexity index is 1800. The highest BCUT2D eigenvalue weighted by atomic mass is 16.8. The highest BCUT2D eigenvalue weighted by molar-refractivity contribution is 5.76. The molecule has 4 heterocycles. The summed E-state index contributed by atoms with van der Waals surface area (Å²) in [5.74, 6) is -0.294. The molecule has 516 valence electrons. The largest absolute Gasteiger partial charge is 0.394 e. The molecule has 0 aromatic carbocycles. The van der Waals surface area contributed by atoms with E-state index in [2.05, 4.69) is 31.3 Å². The normalized spacial score (nSPS) is 32.9. The number of carbonyl (C=O) groups excluding carboxylic acids is 1. The van der Waals surface area contributed by atoms with E-state index in [1.165, 1.54) is 141 Å². The topological polar surface area (TPSA) is 346 Å². The van der Waals surface area contributed by atoms with Gasteiger partial charge in [0, 0.05) is 12.8 Å². The molecular weight excluding hydrogens is 1140 g/mol. The van der Waals surface area contributed by atoms with Crippen LogP contribution < -0.4 is 5.32 Å². The second-order valence-electron chi connectivity index (χ2n) is 25.2. The van der Waals surface area contributed by atoms with Gasteiger partial charge >= 0.3 is 0 Å². The molecule has 13 N–H and O–H groups in total. The van der Waals surface area contributed by atoms with Crippen molar-refractivity contribution in [3.63, 3.8) is 0 Å². The number of ether oxygens (including phenoxy) is 8. The molecule has 21 atom stereocenters. The van der Waals surface area contributed by atoms with E-state index in [9.17, 15) is 66.1 Å². The zero-order valence-corrected chi connectivity index (χ0v) is 53.6. The monoisotopic (exact) mass is 1260 g/mol. The van der Waals surface area contributed by atoms with Crippen LogP contribution >= 0.6 is 0 Å². The third-order valence-corrected chi connectivity index (χ3v) is 17.6. The molecule has 4 fully saturated rings. The molecule has 8 unspecified atom stereocenters. The van der Waals surface area contributed by atoms with Crippen molar-refractivity contribution in [2.45, 2.75) is 362 Å². The van der Waals surface area contributed by atoms with Gasteiger partial charge in [0.25, 0.3) is 0 Å². The number of unbranched alkanes of at least 4 members (excludes halogenated alkanes) is 28. The Labute approximate surface area is 525 Å². The molecule has 22 heteroatoms. The maximum absolute atomic E-state index is 13.4. The van der Waals surface area contributed by atoms with Crippen molar-refractivity contribution >= 4 is 5.91 Å². The van der Waals surface area contributed by atoms with Gasteiger partial charge in [-0.05, 0) is 51.9 Å². The van der Waals surface area contributed by atoms with Crippen LogP contribution in [0.3, 0.4) is 0 Å². The molecule has 0 aliphatic carbocycles. The summed E-state index contributed by atoms with van der Waals surface area (Å²) in [6.45, 7) is 3.12. The van der Waals surface area contributed by atoms with Gasteiger partial charge in [0.15, 0.2) is 25.2 Å². The number of allylic oxidation sites excluding steroid dienone is 3. The lowest BCUT2D eigenvalue weighted by molar-refractivity contribution is -0.393. The molecule has 4 aliphatic heterocycles. The number of hydrogen-bond donors (Lipinski definition) is 13. The van der Waals surface area contributed by atoms with Gasteiger partial charge in [-0.2, -0.15) is 0 Å². The Morgan fingerprint density at radius 3 is 1.40 bits per heavy atom. The smallest absolute Gasteiger partial charge is 0.220 e. The van der Waals surface area contributed by atoms with Crippen molar-refractivity contribution in [1.29, 1.82) is 0 Å². The molecule has 4 aliphatic rings. The quantitative estimate of drug-likeness (QED) is 0.0252. The van der Waals surface area contributed by atoms with Crippen molar-refractivity contribution in [3.8, 4) is 0 Å². The zero-order chi connectivity index (χ0) is 64.1. The van der Waals surface area contributed by atoms with Crippen LogP contribution in [-0.4, -0.2) is 222 Å². The van der Waals surface area contributed by atoms with Crippen LogP contribution in [0.4, 0.5) is 0 Å². The minimum absolute atomic E-state index is 0.0491. The van der Waals surface area contributed by atoms with Gasteiger partial charge in [-0.15, -0.1) is 0 Å². The fourth-order valence-corrected chi connectivity index (χ4v) is 12.0. The molecule has 88 heavy (non-hydrogen) atoms. The summed E-state index contributed by atoms with van der Waals surface area (Å²) in [6.07, 6.45) is 12.2. The van der Waals surface area contributed by atoms with Gasteiger partial charge in [0.05, 0.1) is 50.8 Å². The molecule has 0 spiro atoms. The van der Waals surface area contributed by atoms with Gasteiger partial charge in [-0.1, -0.05) is 192 Å². The Morgan fingerprint density at radius 2 is 0.875 bits per heavy atom. The Morgan fingerprint density at radius 1 is 0.455 bits per heavy atom. The first kappa shape index (κ1) is 78.6. The molecule has 0 saturated carbocycles. The van der Waals surface area contributed by atoms with Gasteiger partial charge in [-0.3, -0.25) is 4.79 Å². The van der Waals surface area contributed by atoms with Crippen molar-refractivity contribution in [3.05, 3.63) is 24.3 Å². The highest BCUT2D eigenvalue weighted by Gasteiger charge is 2.55. The van der Waals surface area contributed by atoms with Crippen molar-refractivity contribution < 1.29 is 104 Å². The standard InChI is InChI=1S/C66H121NO21/c1-4-6-8-10-12-14-16-18-19-20-21-22-23-24-25-27-29-31-33-35-37-39-52(73)67-46(47(71)38-36-34-32-30-28-26-17-15-13-11-9-7-5-2)44-81-63-58(79)57(78)60(51(43-70)85-63)86-65-59(80)61(55(76)50(42-69)83-65)87-66-62(56(77)54(75)49(41-68)84-66)88-64-53(74)48(72)40-45(3)82-64/h18-19,36,38,45-51,53-66,68-72,74-80H,4-17,20-35,37,39-44H2,1-3H3,(H,67,73)/b19-18-,38-36+/t45?,46-,47+,48?,49?,50?,51?,53-,54-,55-,56-,57+,58?,59?,60+,61-,62?,63+,64-,65-,66+/m0/s1. The number of aliphatic hydroxyl groups excluding tert-OH is 12. The average molecular weight is 1260 g/mol. The third-order valence-electron chi connectivity index (χ3n) is 17.6. The Kier molecular flexibility index (Phi) is 41.3. The molecule has 22 nitrogen and oxygen atoms in total. The first-order valence-corrected chi connectivity index (χ1v) is 34.4. The maximum atomic E-state index is 13.4. The molecule has 0 aromatic heterocycles. The SMILES string of the molecule is CCCCCCCC/C=C\CCCCCCCCCCCCCC(=O)N[C@@H](CO[C@@H]1OC(CO)[C@@H](O[C@@H]2OC(CO)[C@H](O)[C@H](O[C@H]3OC(CO)[C@H](O)[C@H](O)C3O[C@@H]3OC(C)CC(O)[C@@H]3O)C2O)[C@H](O)C1O)[C@H](O)/C=C/CCCCCCCCCCCCC. The lowest BCUT2D eigenvalue weighted by Gasteiger charge is -2.49. The number of aliphatic hydroxyl groups is 12. The lowest BCUT2D eigenvalue weighted by Crippen LogP contribution is -2.67. The molecule has 0 aromatic rings. The van der Waals surface area contributed by atoms with E-state index in [1.807, 2.05) is 6.08 Å². The van der Waals surface area contributed by atoms with E-state index in [4.69, 9.17) is 37.9 Å². The highest BCUT2D eigenvalue weighted by Crippen LogP contribution is 2.35. The maximum Gasteiger partial charge on any atom is 0.220 e. The van der Waals surface area contributed by atoms with Crippen LogP contribution in [0.25, 0.3) is 0 Å². The van der Waals surface area contributed by atoms with Gasteiger partial charge in [0.1, 0.15) is 79.4 Å². The number of carbonyl (C=O) groups is 1. The first-order valence-electron chi connectivity index (χ1n) is 34.4. The van der Waals surface area contributed by atoms with Gasteiger partial charge in [0.2, 0.25) is 5.91 Å². The van der Waals surface area contributed by atoms with Crippen LogP contribution in [0.15, 0.2) is 24.3 Å². The Balaban J connectivity index is 1.30. The third kappa shape index (κ3) is 28.4. The van der Waals surface area contributed by atoms with E-state index in [1.54, 1.807) is 13.0 Å². The molecule has 0 radical (unpaired) electrons. The van der Waals surface area contributed by atoms with E-state index in [0.717, 1.165) is 51.4 Å². The van der Waals surface area contributed by atoms with Gasteiger partial charge in [-0.25, -0.2) is 0 Å². The van der Waals surface area contributed by atoms with E-state index in [-0.39, 0.29) is 25.4 Å². The van der Waals surface area contributed by atoms with Crippen LogP contribution in [0, 0.1) is 0 Å². The van der Waals surface area contributed by atoms with E-state index < -0.39 is 149 Å². The minimum atomic E-state index is -2.05. The van der Waals surface area contributed by atoms with Crippen molar-refractivity contribution in [2.75, 3.05) is 26.4 Å². The van der Waals surface area contributed by atoms with Crippen LogP contribution in [0.1, 0.15) is 233 Å². The second kappa shape index (κ2) is 46.3. The number of nitrogens with one attached hydrogen (secondary N) is 1. The number of hydrogen-bond acceptors (Lipinski definition) is 21. The first-order chi connectivity index (χ1) is 42.6. The van der Waals surface area contributed by atoms with E-state index >= 15 is 0 Å². The van der Waals surface area contributed by atoms with Crippen LogP contribution in [0.2, 0.25) is 0 Å². The number of amides is 1. The molecule has 4 saturated heterocycles. The molecular formula is C66H121NO21. The van der Waals surface area contributed by atoms with E-state index in [0.29, 0.717) is 6.42 Å². The summed E-state index contributed by atoms with van der Waals surface area (Å²) < 4.78 is 46.8. The summed E-state index contributed by atoms with van der Waals surface area (Å²) in [5.41, 5.74) is 0. The second-order valence-corrected chi connectivity index (χ2v) is 25.2.